The summed E-state index contributed by atoms with van der Waals surface area (Å²) in [4.78, 5) is 21.9. The monoisotopic (exact) mass is 321 g/mol. The summed E-state index contributed by atoms with van der Waals surface area (Å²) in [6.07, 6.45) is 1.62. The molecule has 1 aliphatic heterocycles. The van der Waals surface area contributed by atoms with Gasteiger partial charge in [-0.3, -0.25) is 4.79 Å². The van der Waals surface area contributed by atoms with Crippen LogP contribution in [0.15, 0.2) is 53.1 Å². The number of hydrogen-bond acceptors (Lipinski definition) is 4. The maximum absolute atomic E-state index is 13.1. The van der Waals surface area contributed by atoms with Gasteiger partial charge in [0.1, 0.15) is 5.69 Å². The molecule has 0 aliphatic carbocycles. The molecular formula is C19H19N3O2. The summed E-state index contributed by atoms with van der Waals surface area (Å²) in [6.45, 7) is 3.31. The Hall–Kier alpha value is -2.66. The number of para-hydroxylation sites is 1. The molecule has 5 nitrogen and oxygen atoms in total. The van der Waals surface area contributed by atoms with Gasteiger partial charge in [0.15, 0.2) is 5.76 Å². The molecule has 0 N–H and O–H groups in total. The zero-order valence-corrected chi connectivity index (χ0v) is 13.6. The Bertz CT molecular complexity index is 865. The van der Waals surface area contributed by atoms with Crippen LogP contribution in [-0.2, 0) is 0 Å². The summed E-state index contributed by atoms with van der Waals surface area (Å²) in [6, 6.07) is 13.3. The van der Waals surface area contributed by atoms with E-state index in [2.05, 4.69) is 16.9 Å². The van der Waals surface area contributed by atoms with Crippen LogP contribution in [0.5, 0.6) is 0 Å². The van der Waals surface area contributed by atoms with E-state index in [4.69, 9.17) is 4.42 Å². The molecule has 0 radical (unpaired) electrons. The molecule has 24 heavy (non-hydrogen) atoms. The van der Waals surface area contributed by atoms with E-state index < -0.39 is 0 Å². The molecule has 0 spiro atoms. The molecule has 0 bridgehead atoms. The van der Waals surface area contributed by atoms with Gasteiger partial charge < -0.3 is 14.2 Å². The maximum atomic E-state index is 13.1. The number of hydrogen-bond donors (Lipinski definition) is 0. The third kappa shape index (κ3) is 2.67. The van der Waals surface area contributed by atoms with Gasteiger partial charge in [-0.05, 0) is 31.3 Å². The van der Waals surface area contributed by atoms with Gasteiger partial charge in [-0.1, -0.05) is 18.2 Å². The Morgan fingerprint density at radius 1 is 1.08 bits per heavy atom. The van der Waals surface area contributed by atoms with Crippen LogP contribution in [0, 0.1) is 0 Å². The van der Waals surface area contributed by atoms with E-state index in [1.165, 1.54) is 0 Å². The summed E-state index contributed by atoms with van der Waals surface area (Å²) < 4.78 is 5.47. The van der Waals surface area contributed by atoms with Crippen molar-refractivity contribution in [1.82, 2.24) is 14.8 Å². The van der Waals surface area contributed by atoms with Gasteiger partial charge in [0, 0.05) is 31.6 Å². The van der Waals surface area contributed by atoms with Crippen molar-refractivity contribution in [3.63, 3.8) is 0 Å². The van der Waals surface area contributed by atoms with E-state index >= 15 is 0 Å². The number of amides is 1. The molecule has 1 aromatic carbocycles. The van der Waals surface area contributed by atoms with Gasteiger partial charge in [-0.25, -0.2) is 4.98 Å². The van der Waals surface area contributed by atoms with Crippen molar-refractivity contribution < 1.29 is 9.21 Å². The highest BCUT2D eigenvalue weighted by Crippen LogP contribution is 2.26. The van der Waals surface area contributed by atoms with Crippen LogP contribution in [0.4, 0.5) is 0 Å². The Labute approximate surface area is 140 Å². The van der Waals surface area contributed by atoms with E-state index in [1.54, 1.807) is 6.26 Å². The summed E-state index contributed by atoms with van der Waals surface area (Å²) in [7, 11) is 2.08. The average molecular weight is 321 g/mol. The van der Waals surface area contributed by atoms with Gasteiger partial charge in [0.2, 0.25) is 0 Å². The number of carbonyl (C=O) groups excluding carboxylic acids is 1. The number of pyridine rings is 1. The fraction of sp³-hybridized carbons (Fsp3) is 0.263. The number of benzene rings is 1. The molecule has 3 heterocycles. The molecular weight excluding hydrogens is 302 g/mol. The highest BCUT2D eigenvalue weighted by atomic mass is 16.3. The van der Waals surface area contributed by atoms with Crippen molar-refractivity contribution in [2.75, 3.05) is 33.2 Å². The molecule has 5 heteroatoms. The number of likely N-dealkylation sites (N-methyl/N-ethyl adjacent to an activating group) is 1. The van der Waals surface area contributed by atoms with E-state index in [0.29, 0.717) is 17.0 Å². The Morgan fingerprint density at radius 2 is 1.88 bits per heavy atom. The second-order valence-corrected chi connectivity index (χ2v) is 6.14. The van der Waals surface area contributed by atoms with Crippen molar-refractivity contribution in [1.29, 1.82) is 0 Å². The van der Waals surface area contributed by atoms with Crippen molar-refractivity contribution in [3.05, 3.63) is 54.3 Å². The second-order valence-electron chi connectivity index (χ2n) is 6.14. The van der Waals surface area contributed by atoms with E-state index in [-0.39, 0.29) is 5.91 Å². The summed E-state index contributed by atoms with van der Waals surface area (Å²) >= 11 is 0. The number of nitrogens with zero attached hydrogens (tertiary/aromatic N) is 3. The number of rotatable bonds is 2. The SMILES string of the molecule is CN1CCN(C(=O)c2cc(-c3ccco3)nc3ccccc23)CC1. The Kier molecular flexibility index (Phi) is 3.78. The van der Waals surface area contributed by atoms with Crippen LogP contribution in [0.2, 0.25) is 0 Å². The molecule has 1 saturated heterocycles. The first-order chi connectivity index (χ1) is 11.7. The summed E-state index contributed by atoms with van der Waals surface area (Å²) in [5.41, 5.74) is 2.19. The molecule has 0 saturated carbocycles. The van der Waals surface area contributed by atoms with Crippen LogP contribution >= 0.6 is 0 Å². The first kappa shape index (κ1) is 14.9. The number of piperazine rings is 1. The molecule has 4 rings (SSSR count). The van der Waals surface area contributed by atoms with Crippen molar-refractivity contribution in [2.45, 2.75) is 0 Å². The second kappa shape index (κ2) is 6.09. The Morgan fingerprint density at radius 3 is 2.62 bits per heavy atom. The fourth-order valence-corrected chi connectivity index (χ4v) is 3.08. The van der Waals surface area contributed by atoms with Gasteiger partial charge in [0.25, 0.3) is 5.91 Å². The zero-order valence-electron chi connectivity index (χ0n) is 13.6. The number of furan rings is 1. The van der Waals surface area contributed by atoms with Crippen molar-refractivity contribution in [3.8, 4) is 11.5 Å². The highest BCUT2D eigenvalue weighted by molar-refractivity contribution is 6.07. The minimum absolute atomic E-state index is 0.0644. The lowest BCUT2D eigenvalue weighted by molar-refractivity contribution is 0.0666. The average Bonchev–Trinajstić information content (AvgIpc) is 3.15. The van der Waals surface area contributed by atoms with Crippen LogP contribution in [0.25, 0.3) is 22.4 Å². The van der Waals surface area contributed by atoms with Crippen LogP contribution < -0.4 is 0 Å². The van der Waals surface area contributed by atoms with Crippen LogP contribution in [0.1, 0.15) is 10.4 Å². The highest BCUT2D eigenvalue weighted by Gasteiger charge is 2.23. The van der Waals surface area contributed by atoms with E-state index in [0.717, 1.165) is 37.1 Å². The lowest BCUT2D eigenvalue weighted by atomic mass is 10.0. The quantitative estimate of drug-likeness (QED) is 0.728. The van der Waals surface area contributed by atoms with Crippen LogP contribution in [-0.4, -0.2) is 53.9 Å². The van der Waals surface area contributed by atoms with E-state index in [1.807, 2.05) is 47.4 Å². The lowest BCUT2D eigenvalue weighted by Gasteiger charge is -2.32. The van der Waals surface area contributed by atoms with Gasteiger partial charge in [-0.2, -0.15) is 0 Å². The summed E-state index contributed by atoms with van der Waals surface area (Å²) in [5.74, 6) is 0.739. The minimum Gasteiger partial charge on any atom is -0.463 e. The number of carbonyl (C=O) groups is 1. The number of fused-ring (bicyclic) bond motifs is 1. The molecule has 2 aromatic heterocycles. The summed E-state index contributed by atoms with van der Waals surface area (Å²) in [5, 5.41) is 0.886. The first-order valence-electron chi connectivity index (χ1n) is 8.14. The fourth-order valence-electron chi connectivity index (χ4n) is 3.08. The minimum atomic E-state index is 0.0644. The van der Waals surface area contributed by atoms with Gasteiger partial charge >= 0.3 is 0 Å². The lowest BCUT2D eigenvalue weighted by Crippen LogP contribution is -2.47. The largest absolute Gasteiger partial charge is 0.463 e. The topological polar surface area (TPSA) is 49.6 Å². The van der Waals surface area contributed by atoms with Crippen molar-refractivity contribution in [2.24, 2.45) is 0 Å². The Balaban J connectivity index is 1.79. The molecule has 1 aliphatic rings. The molecule has 0 unspecified atom stereocenters. The molecule has 1 amide bonds. The van der Waals surface area contributed by atoms with Gasteiger partial charge in [0.05, 0.1) is 17.3 Å². The molecule has 122 valence electrons. The number of aromatic nitrogens is 1. The van der Waals surface area contributed by atoms with Gasteiger partial charge in [-0.15, -0.1) is 0 Å². The third-order valence-corrected chi connectivity index (χ3v) is 4.51. The zero-order chi connectivity index (χ0) is 16.5. The van der Waals surface area contributed by atoms with Crippen molar-refractivity contribution >= 4 is 16.8 Å². The predicted octanol–water partition coefficient (Wildman–Crippen LogP) is 2.88. The normalized spacial score (nSPS) is 15.8. The van der Waals surface area contributed by atoms with Crippen LogP contribution in [0.3, 0.4) is 0 Å². The molecule has 1 fully saturated rings. The van der Waals surface area contributed by atoms with E-state index in [9.17, 15) is 4.79 Å². The predicted molar refractivity (Wildman–Crippen MR) is 92.8 cm³/mol. The standard InChI is InChI=1S/C19H19N3O2/c1-21-8-10-22(11-9-21)19(23)15-13-17(18-7-4-12-24-18)20-16-6-3-2-5-14(15)16/h2-7,12-13H,8-11H2,1H3. The maximum Gasteiger partial charge on any atom is 0.254 e. The molecule has 0 atom stereocenters. The smallest absolute Gasteiger partial charge is 0.254 e. The third-order valence-electron chi connectivity index (χ3n) is 4.51. The molecule has 3 aromatic rings. The first-order valence-corrected chi connectivity index (χ1v) is 8.14.